The van der Waals surface area contributed by atoms with Crippen LogP contribution < -0.4 is 26.4 Å². The fourth-order valence-electron chi connectivity index (χ4n) is 2.63. The summed E-state index contributed by atoms with van der Waals surface area (Å²) in [5.41, 5.74) is 11.0. The molecule has 0 fully saturated rings. The van der Waals surface area contributed by atoms with Crippen LogP contribution in [0, 0.1) is 5.82 Å². The second kappa shape index (κ2) is 8.64. The van der Waals surface area contributed by atoms with Crippen LogP contribution in [0.3, 0.4) is 0 Å². The van der Waals surface area contributed by atoms with Crippen molar-refractivity contribution in [1.29, 1.82) is 0 Å². The van der Waals surface area contributed by atoms with Gasteiger partial charge >= 0.3 is 6.18 Å². The number of nitrogens with zero attached hydrogens (tertiary/aromatic N) is 2. The Morgan fingerprint density at radius 2 is 1.77 bits per heavy atom. The summed E-state index contributed by atoms with van der Waals surface area (Å²) in [6.45, 7) is 0. The number of benzene rings is 2. The van der Waals surface area contributed by atoms with Crippen LogP contribution in [0.4, 0.5) is 40.4 Å². The molecule has 0 amide bonds. The van der Waals surface area contributed by atoms with E-state index >= 15 is 0 Å². The Balaban J connectivity index is 1.76. The second-order valence-electron chi connectivity index (χ2n) is 6.42. The molecule has 31 heavy (non-hydrogen) atoms. The molecule has 0 aliphatic carbocycles. The van der Waals surface area contributed by atoms with Gasteiger partial charge in [0.05, 0.1) is 22.6 Å². The van der Waals surface area contributed by atoms with E-state index in [0.717, 1.165) is 6.07 Å². The molecule has 1 heterocycles. The molecule has 5 N–H and O–H groups in total. The van der Waals surface area contributed by atoms with Crippen LogP contribution in [0.25, 0.3) is 0 Å². The Hall–Kier alpha value is -3.60. The van der Waals surface area contributed by atoms with Gasteiger partial charge in [-0.25, -0.2) is 9.37 Å². The van der Waals surface area contributed by atoms with Crippen molar-refractivity contribution in [3.8, 4) is 11.5 Å². The minimum Gasteiger partial charge on any atom is -0.457 e. The van der Waals surface area contributed by atoms with E-state index in [2.05, 4.69) is 10.3 Å². The molecule has 0 radical (unpaired) electrons. The largest absolute Gasteiger partial charge is 0.457 e. The van der Waals surface area contributed by atoms with E-state index in [9.17, 15) is 17.6 Å². The molecule has 0 bridgehead atoms. The van der Waals surface area contributed by atoms with Gasteiger partial charge in [-0.1, -0.05) is 0 Å². The summed E-state index contributed by atoms with van der Waals surface area (Å²) >= 11 is 5.21. The third-order valence-corrected chi connectivity index (χ3v) is 4.56. The minimum absolute atomic E-state index is 0.0551. The molecule has 11 heteroatoms. The molecule has 162 valence electrons. The monoisotopic (exact) mass is 451 g/mol. The number of nitrogens with two attached hydrogens (primary N) is 2. The van der Waals surface area contributed by atoms with E-state index in [4.69, 9.17) is 28.4 Å². The Kier molecular flexibility index (Phi) is 6.16. The zero-order chi connectivity index (χ0) is 22.8. The molecule has 1 aromatic heterocycles. The first kappa shape index (κ1) is 22.1. The average molecular weight is 451 g/mol. The van der Waals surface area contributed by atoms with Crippen molar-refractivity contribution in [2.75, 3.05) is 28.7 Å². The maximum absolute atomic E-state index is 14.0. The maximum atomic E-state index is 14.0. The minimum atomic E-state index is -4.61. The van der Waals surface area contributed by atoms with Crippen molar-refractivity contribution in [2.24, 2.45) is 0 Å². The second-order valence-corrected chi connectivity index (χ2v) is 6.81. The first-order chi connectivity index (χ1) is 14.5. The van der Waals surface area contributed by atoms with Crippen LogP contribution >= 0.6 is 12.2 Å². The third-order valence-electron chi connectivity index (χ3n) is 4.19. The molecule has 0 spiro atoms. The molecule has 3 aromatic rings. The molecule has 2 aromatic carbocycles. The van der Waals surface area contributed by atoms with Crippen LogP contribution in [0.1, 0.15) is 5.56 Å². The maximum Gasteiger partial charge on any atom is 0.416 e. The van der Waals surface area contributed by atoms with Crippen molar-refractivity contribution >= 4 is 40.2 Å². The van der Waals surface area contributed by atoms with Gasteiger partial charge in [0.1, 0.15) is 23.1 Å². The number of aromatic nitrogens is 1. The van der Waals surface area contributed by atoms with Crippen LogP contribution in [0.5, 0.6) is 11.5 Å². The van der Waals surface area contributed by atoms with Gasteiger partial charge in [0.2, 0.25) is 0 Å². The van der Waals surface area contributed by atoms with Gasteiger partial charge in [-0.15, -0.1) is 0 Å². The van der Waals surface area contributed by atoms with E-state index in [1.165, 1.54) is 24.2 Å². The molecule has 6 nitrogen and oxygen atoms in total. The highest BCUT2D eigenvalue weighted by molar-refractivity contribution is 7.80. The number of thiocarbonyl (C=S) groups is 1. The smallest absolute Gasteiger partial charge is 0.416 e. The topological polar surface area (TPSA) is 89.4 Å². The van der Waals surface area contributed by atoms with Gasteiger partial charge in [-0.2, -0.15) is 13.2 Å². The lowest BCUT2D eigenvalue weighted by Gasteiger charge is -2.23. The lowest BCUT2D eigenvalue weighted by atomic mass is 10.2. The first-order valence-electron chi connectivity index (χ1n) is 8.75. The van der Waals surface area contributed by atoms with E-state index in [1.54, 1.807) is 24.3 Å². The van der Waals surface area contributed by atoms with E-state index < -0.39 is 23.2 Å². The number of halogens is 4. The Labute approximate surface area is 180 Å². The SMILES string of the molecule is CN(C(=S)Nc1cc(C(F)(F)F)ccc1F)c1ccc(Oc2ccnc(N)c2)cc1N. The number of hydrogen-bond donors (Lipinski definition) is 3. The number of rotatable bonds is 4. The number of nitrogens with one attached hydrogen (secondary N) is 1. The summed E-state index contributed by atoms with van der Waals surface area (Å²) in [5.74, 6) is 0.297. The van der Waals surface area contributed by atoms with Gasteiger partial charge in [0.25, 0.3) is 0 Å². The van der Waals surface area contributed by atoms with Gasteiger partial charge in [-0.3, -0.25) is 0 Å². The van der Waals surface area contributed by atoms with Crippen LogP contribution in [-0.2, 0) is 6.18 Å². The number of nitrogen functional groups attached to an aromatic ring is 2. The lowest BCUT2D eigenvalue weighted by molar-refractivity contribution is -0.137. The number of alkyl halides is 3. The molecule has 0 saturated heterocycles. The lowest BCUT2D eigenvalue weighted by Crippen LogP contribution is -2.31. The first-order valence-corrected chi connectivity index (χ1v) is 9.16. The molecule has 0 saturated carbocycles. The average Bonchev–Trinajstić information content (AvgIpc) is 2.68. The quantitative estimate of drug-likeness (QED) is 0.291. The van der Waals surface area contributed by atoms with E-state index in [1.807, 2.05) is 0 Å². The van der Waals surface area contributed by atoms with Crippen LogP contribution in [0.2, 0.25) is 0 Å². The van der Waals surface area contributed by atoms with Crippen LogP contribution in [-0.4, -0.2) is 17.1 Å². The Morgan fingerprint density at radius 1 is 1.06 bits per heavy atom. The normalized spacial score (nSPS) is 11.1. The summed E-state index contributed by atoms with van der Waals surface area (Å²) in [7, 11) is 1.54. The summed E-state index contributed by atoms with van der Waals surface area (Å²) in [6, 6.07) is 9.94. The Bertz CT molecular complexity index is 1120. The highest BCUT2D eigenvalue weighted by Crippen LogP contribution is 2.33. The summed E-state index contributed by atoms with van der Waals surface area (Å²) in [6.07, 6.45) is -3.12. The third kappa shape index (κ3) is 5.31. The van der Waals surface area contributed by atoms with Crippen molar-refractivity contribution in [3.05, 3.63) is 66.1 Å². The highest BCUT2D eigenvalue weighted by Gasteiger charge is 2.31. The van der Waals surface area contributed by atoms with Gasteiger partial charge in [0.15, 0.2) is 5.11 Å². The van der Waals surface area contributed by atoms with Gasteiger partial charge in [0, 0.05) is 25.4 Å². The highest BCUT2D eigenvalue weighted by atomic mass is 32.1. The molecule has 0 atom stereocenters. The molecule has 0 aliphatic heterocycles. The number of pyridine rings is 1. The zero-order valence-electron chi connectivity index (χ0n) is 16.1. The zero-order valence-corrected chi connectivity index (χ0v) is 16.9. The molecule has 0 aliphatic rings. The van der Waals surface area contributed by atoms with Crippen LogP contribution in [0.15, 0.2) is 54.7 Å². The predicted molar refractivity (Wildman–Crippen MR) is 116 cm³/mol. The standard InChI is InChI=1S/C20H17F4N5OS/c1-29(19(31)28-16-8-11(20(22,23)24)2-4-14(16)21)17-5-3-12(9-15(17)25)30-13-6-7-27-18(26)10-13/h2-10H,25H2,1H3,(H2,26,27)(H,28,31). The van der Waals surface area contributed by atoms with E-state index in [-0.39, 0.29) is 10.8 Å². The fourth-order valence-corrected chi connectivity index (χ4v) is 2.84. The van der Waals surface area contributed by atoms with Crippen molar-refractivity contribution in [1.82, 2.24) is 4.98 Å². The number of hydrogen-bond acceptors (Lipinski definition) is 5. The molecule has 3 rings (SSSR count). The molecule has 0 unspecified atom stereocenters. The summed E-state index contributed by atoms with van der Waals surface area (Å²) in [4.78, 5) is 5.27. The number of ether oxygens (including phenoxy) is 1. The van der Waals surface area contributed by atoms with Crippen molar-refractivity contribution in [3.63, 3.8) is 0 Å². The fraction of sp³-hybridized carbons (Fsp3) is 0.100. The van der Waals surface area contributed by atoms with Gasteiger partial charge in [-0.05, 0) is 48.6 Å². The summed E-state index contributed by atoms with van der Waals surface area (Å²) < 4.78 is 58.3. The predicted octanol–water partition coefficient (Wildman–Crippen LogP) is 5.03. The molecular formula is C20H17F4N5OS. The van der Waals surface area contributed by atoms with Crippen molar-refractivity contribution < 1.29 is 22.3 Å². The van der Waals surface area contributed by atoms with Gasteiger partial charge < -0.3 is 26.4 Å². The van der Waals surface area contributed by atoms with E-state index in [0.29, 0.717) is 35.1 Å². The summed E-state index contributed by atoms with van der Waals surface area (Å²) in [5, 5.41) is 2.43. The Morgan fingerprint density at radius 3 is 2.42 bits per heavy atom. The molecular weight excluding hydrogens is 434 g/mol. The van der Waals surface area contributed by atoms with Crippen molar-refractivity contribution in [2.45, 2.75) is 6.18 Å². The number of anilines is 4.